The molecule has 0 unspecified atom stereocenters. The van der Waals surface area contributed by atoms with Gasteiger partial charge in [0.25, 0.3) is 0 Å². The summed E-state index contributed by atoms with van der Waals surface area (Å²) >= 11 is 0. The van der Waals surface area contributed by atoms with E-state index in [9.17, 15) is 14.4 Å². The molecule has 1 aliphatic heterocycles. The first kappa shape index (κ1) is 14.3. The van der Waals surface area contributed by atoms with Crippen molar-refractivity contribution in [2.75, 3.05) is 20.1 Å². The standard InChI is InChI=1S/C11H19N3O4/c1-7(10(16)17)13-11(18)14-5-3-8(4-6-14)9(15)12-2/h7-8H,3-6H2,1-2H3,(H,12,15)(H,13,18)(H,16,17)/t7-/m0/s1. The molecule has 3 N–H and O–H groups in total. The molecule has 0 aromatic heterocycles. The van der Waals surface area contributed by atoms with Crippen LogP contribution in [0.2, 0.25) is 0 Å². The first-order valence-corrected chi connectivity index (χ1v) is 5.95. The highest BCUT2D eigenvalue weighted by Crippen LogP contribution is 2.17. The summed E-state index contributed by atoms with van der Waals surface area (Å²) in [5.41, 5.74) is 0. The van der Waals surface area contributed by atoms with E-state index in [0.717, 1.165) is 0 Å². The number of piperidine rings is 1. The van der Waals surface area contributed by atoms with E-state index in [2.05, 4.69) is 10.6 Å². The Morgan fingerprint density at radius 3 is 2.28 bits per heavy atom. The monoisotopic (exact) mass is 257 g/mol. The van der Waals surface area contributed by atoms with E-state index < -0.39 is 12.0 Å². The molecule has 0 radical (unpaired) electrons. The maximum atomic E-state index is 11.7. The number of hydrogen-bond acceptors (Lipinski definition) is 3. The second kappa shape index (κ2) is 6.23. The van der Waals surface area contributed by atoms with Gasteiger partial charge < -0.3 is 20.6 Å². The van der Waals surface area contributed by atoms with Gasteiger partial charge in [0, 0.05) is 26.1 Å². The minimum Gasteiger partial charge on any atom is -0.480 e. The van der Waals surface area contributed by atoms with E-state index in [-0.39, 0.29) is 17.9 Å². The molecule has 0 aromatic carbocycles. The Bertz CT molecular complexity index is 337. The Hall–Kier alpha value is -1.79. The molecule has 1 fully saturated rings. The average Bonchev–Trinajstić information content (AvgIpc) is 2.37. The number of carboxylic acid groups (broad SMARTS) is 1. The van der Waals surface area contributed by atoms with Crippen LogP contribution in [0.4, 0.5) is 4.79 Å². The van der Waals surface area contributed by atoms with Crippen molar-refractivity contribution in [3.63, 3.8) is 0 Å². The first-order valence-electron chi connectivity index (χ1n) is 5.95. The van der Waals surface area contributed by atoms with E-state index in [0.29, 0.717) is 25.9 Å². The number of carboxylic acids is 1. The van der Waals surface area contributed by atoms with Crippen molar-refractivity contribution in [3.05, 3.63) is 0 Å². The quantitative estimate of drug-likeness (QED) is 0.642. The molecular formula is C11H19N3O4. The molecule has 1 heterocycles. The van der Waals surface area contributed by atoms with Crippen molar-refractivity contribution >= 4 is 17.9 Å². The van der Waals surface area contributed by atoms with Crippen LogP contribution in [0.25, 0.3) is 0 Å². The van der Waals surface area contributed by atoms with E-state index in [1.807, 2.05) is 0 Å². The molecule has 7 nitrogen and oxygen atoms in total. The average molecular weight is 257 g/mol. The van der Waals surface area contributed by atoms with Crippen molar-refractivity contribution in [3.8, 4) is 0 Å². The van der Waals surface area contributed by atoms with Crippen LogP contribution in [0.1, 0.15) is 19.8 Å². The minimum absolute atomic E-state index is 0.00559. The summed E-state index contributed by atoms with van der Waals surface area (Å²) in [5, 5.41) is 13.7. The topological polar surface area (TPSA) is 98.7 Å². The third-order valence-corrected chi connectivity index (χ3v) is 3.11. The summed E-state index contributed by atoms with van der Waals surface area (Å²) < 4.78 is 0. The Morgan fingerprint density at radius 1 is 1.28 bits per heavy atom. The van der Waals surface area contributed by atoms with Crippen LogP contribution >= 0.6 is 0 Å². The van der Waals surface area contributed by atoms with Gasteiger partial charge in [-0.05, 0) is 19.8 Å². The van der Waals surface area contributed by atoms with E-state index in [1.54, 1.807) is 11.9 Å². The van der Waals surface area contributed by atoms with Crippen LogP contribution in [-0.2, 0) is 9.59 Å². The first-order chi connectivity index (χ1) is 8.45. The molecular weight excluding hydrogens is 238 g/mol. The van der Waals surface area contributed by atoms with Gasteiger partial charge >= 0.3 is 12.0 Å². The normalized spacial score (nSPS) is 18.0. The van der Waals surface area contributed by atoms with Crippen LogP contribution < -0.4 is 10.6 Å². The molecule has 102 valence electrons. The highest BCUT2D eigenvalue weighted by molar-refractivity contribution is 5.83. The van der Waals surface area contributed by atoms with Crippen molar-refractivity contribution in [1.82, 2.24) is 15.5 Å². The van der Waals surface area contributed by atoms with Crippen molar-refractivity contribution in [2.24, 2.45) is 5.92 Å². The predicted molar refractivity (Wildman–Crippen MR) is 64.0 cm³/mol. The molecule has 0 spiro atoms. The van der Waals surface area contributed by atoms with Crippen molar-refractivity contribution in [1.29, 1.82) is 0 Å². The fraction of sp³-hybridized carbons (Fsp3) is 0.727. The zero-order chi connectivity index (χ0) is 13.7. The third kappa shape index (κ3) is 3.61. The lowest BCUT2D eigenvalue weighted by molar-refractivity contribution is -0.138. The van der Waals surface area contributed by atoms with Crippen LogP contribution in [-0.4, -0.2) is 54.1 Å². The number of amides is 3. The molecule has 3 amide bonds. The number of likely N-dealkylation sites (tertiary alicyclic amines) is 1. The predicted octanol–water partition coefficient (Wildman–Crippen LogP) is -0.373. The summed E-state index contributed by atoms with van der Waals surface area (Å²) in [4.78, 5) is 35.3. The number of urea groups is 1. The Balaban J connectivity index is 2.41. The second-order valence-corrected chi connectivity index (χ2v) is 4.38. The van der Waals surface area contributed by atoms with Gasteiger partial charge in [0.1, 0.15) is 6.04 Å². The minimum atomic E-state index is -1.07. The molecule has 1 aliphatic rings. The third-order valence-electron chi connectivity index (χ3n) is 3.11. The van der Waals surface area contributed by atoms with Crippen LogP contribution in [0.5, 0.6) is 0 Å². The van der Waals surface area contributed by atoms with Gasteiger partial charge in [0.05, 0.1) is 0 Å². The van der Waals surface area contributed by atoms with E-state index in [4.69, 9.17) is 5.11 Å². The summed E-state index contributed by atoms with van der Waals surface area (Å²) in [7, 11) is 1.59. The summed E-state index contributed by atoms with van der Waals surface area (Å²) in [5.74, 6) is -1.13. The largest absolute Gasteiger partial charge is 0.480 e. The van der Waals surface area contributed by atoms with Crippen LogP contribution in [0.15, 0.2) is 0 Å². The van der Waals surface area contributed by atoms with Crippen LogP contribution in [0, 0.1) is 5.92 Å². The molecule has 0 bridgehead atoms. The highest BCUT2D eigenvalue weighted by atomic mass is 16.4. The second-order valence-electron chi connectivity index (χ2n) is 4.38. The van der Waals surface area contributed by atoms with Gasteiger partial charge in [-0.1, -0.05) is 0 Å². The summed E-state index contributed by atoms with van der Waals surface area (Å²) in [6, 6.07) is -1.30. The molecule has 1 rings (SSSR count). The van der Waals surface area contributed by atoms with Crippen molar-refractivity contribution in [2.45, 2.75) is 25.8 Å². The lowest BCUT2D eigenvalue weighted by Crippen LogP contribution is -2.50. The van der Waals surface area contributed by atoms with E-state index >= 15 is 0 Å². The highest BCUT2D eigenvalue weighted by Gasteiger charge is 2.27. The summed E-state index contributed by atoms with van der Waals surface area (Å²) in [6.07, 6.45) is 1.21. The van der Waals surface area contributed by atoms with Gasteiger partial charge in [-0.3, -0.25) is 9.59 Å². The molecule has 0 aliphatic carbocycles. The summed E-state index contributed by atoms with van der Waals surface area (Å²) in [6.45, 7) is 2.35. The molecule has 1 atom stereocenters. The number of carbonyl (C=O) groups excluding carboxylic acids is 2. The SMILES string of the molecule is CNC(=O)C1CCN(C(=O)N[C@@H](C)C(=O)O)CC1. The number of nitrogens with zero attached hydrogens (tertiary/aromatic N) is 1. The maximum Gasteiger partial charge on any atom is 0.325 e. The van der Waals surface area contributed by atoms with Gasteiger partial charge in [-0.25, -0.2) is 4.79 Å². The Labute approximate surface area is 106 Å². The van der Waals surface area contributed by atoms with Gasteiger partial charge in [0.2, 0.25) is 5.91 Å². The fourth-order valence-electron chi connectivity index (χ4n) is 1.89. The smallest absolute Gasteiger partial charge is 0.325 e. The Kier molecular flexibility index (Phi) is 4.94. The van der Waals surface area contributed by atoms with Crippen molar-refractivity contribution < 1.29 is 19.5 Å². The number of nitrogens with one attached hydrogen (secondary N) is 2. The number of hydrogen-bond donors (Lipinski definition) is 3. The molecule has 7 heteroatoms. The number of carbonyl (C=O) groups is 3. The van der Waals surface area contributed by atoms with E-state index in [1.165, 1.54) is 6.92 Å². The lowest BCUT2D eigenvalue weighted by atomic mass is 9.96. The molecule has 18 heavy (non-hydrogen) atoms. The Morgan fingerprint density at radius 2 is 1.83 bits per heavy atom. The fourth-order valence-corrected chi connectivity index (χ4v) is 1.89. The zero-order valence-electron chi connectivity index (χ0n) is 10.6. The maximum absolute atomic E-state index is 11.7. The zero-order valence-corrected chi connectivity index (χ0v) is 10.6. The number of rotatable bonds is 3. The lowest BCUT2D eigenvalue weighted by Gasteiger charge is -2.31. The van der Waals surface area contributed by atoms with Crippen LogP contribution in [0.3, 0.4) is 0 Å². The van der Waals surface area contributed by atoms with Gasteiger partial charge in [-0.2, -0.15) is 0 Å². The molecule has 0 aromatic rings. The van der Waals surface area contributed by atoms with Gasteiger partial charge in [0.15, 0.2) is 0 Å². The molecule has 1 saturated heterocycles. The molecule has 0 saturated carbocycles. The number of aliphatic carboxylic acids is 1. The van der Waals surface area contributed by atoms with Gasteiger partial charge in [-0.15, -0.1) is 0 Å².